The number of thioether (sulfide) groups is 1. The van der Waals surface area contributed by atoms with E-state index in [0.29, 0.717) is 5.56 Å². The largest absolute Gasteiger partial charge is 0.271 e. The lowest BCUT2D eigenvalue weighted by Gasteiger charge is -2.24. The summed E-state index contributed by atoms with van der Waals surface area (Å²) in [4.78, 5) is 0. The number of benzene rings is 1. The van der Waals surface area contributed by atoms with Crippen LogP contribution >= 0.6 is 11.8 Å². The van der Waals surface area contributed by atoms with Crippen LogP contribution in [0.25, 0.3) is 0 Å². The molecule has 2 nitrogen and oxygen atoms in total. The van der Waals surface area contributed by atoms with Gasteiger partial charge in [-0.3, -0.25) is 11.3 Å². The van der Waals surface area contributed by atoms with Gasteiger partial charge < -0.3 is 0 Å². The molecule has 2 atom stereocenters. The monoisotopic (exact) mass is 258 g/mol. The molecule has 0 aromatic heterocycles. The van der Waals surface area contributed by atoms with Gasteiger partial charge in [0.25, 0.3) is 0 Å². The van der Waals surface area contributed by atoms with E-state index < -0.39 is 17.7 Å². The molecule has 1 aliphatic heterocycles. The average molecular weight is 258 g/mol. The highest BCUT2D eigenvalue weighted by atomic mass is 32.2. The van der Waals surface area contributed by atoms with E-state index in [1.807, 2.05) is 0 Å². The molecule has 0 radical (unpaired) electrons. The fourth-order valence-corrected chi connectivity index (χ4v) is 3.53. The van der Waals surface area contributed by atoms with Crippen LogP contribution < -0.4 is 11.3 Å². The number of aryl methyl sites for hydroxylation is 1. The summed E-state index contributed by atoms with van der Waals surface area (Å²) in [6.45, 7) is 1.63. The lowest BCUT2D eigenvalue weighted by molar-refractivity contribution is 0.370. The van der Waals surface area contributed by atoms with Gasteiger partial charge in [-0.05, 0) is 42.4 Å². The van der Waals surface area contributed by atoms with E-state index in [4.69, 9.17) is 5.84 Å². The van der Waals surface area contributed by atoms with Crippen molar-refractivity contribution in [1.29, 1.82) is 0 Å². The van der Waals surface area contributed by atoms with Gasteiger partial charge in [-0.25, -0.2) is 8.78 Å². The van der Waals surface area contributed by atoms with Crippen LogP contribution in [0.4, 0.5) is 8.78 Å². The third-order valence-electron chi connectivity index (χ3n) is 3.25. The van der Waals surface area contributed by atoms with Crippen LogP contribution in [0.2, 0.25) is 0 Å². The lowest BCUT2D eigenvalue weighted by Crippen LogP contribution is -2.35. The third-order valence-corrected chi connectivity index (χ3v) is 4.43. The average Bonchev–Trinajstić information content (AvgIpc) is 2.83. The van der Waals surface area contributed by atoms with Crippen molar-refractivity contribution in [2.45, 2.75) is 19.4 Å². The number of nitrogens with one attached hydrogen (secondary N) is 1. The van der Waals surface area contributed by atoms with Crippen molar-refractivity contribution in [2.24, 2.45) is 11.8 Å². The molecule has 2 unspecified atom stereocenters. The molecule has 3 N–H and O–H groups in total. The summed E-state index contributed by atoms with van der Waals surface area (Å²) in [6, 6.07) is 2.32. The van der Waals surface area contributed by atoms with Crippen LogP contribution in [0.3, 0.4) is 0 Å². The van der Waals surface area contributed by atoms with Crippen molar-refractivity contribution in [1.82, 2.24) is 5.43 Å². The molecule has 1 aromatic rings. The Balaban J connectivity index is 2.39. The van der Waals surface area contributed by atoms with E-state index in [1.165, 1.54) is 12.1 Å². The van der Waals surface area contributed by atoms with Crippen LogP contribution in [0, 0.1) is 24.5 Å². The van der Waals surface area contributed by atoms with Gasteiger partial charge in [0.05, 0.1) is 6.04 Å². The number of hydrazine groups is 1. The Labute approximate surface area is 104 Å². The smallest absolute Gasteiger partial charge is 0.133 e. The quantitative estimate of drug-likeness (QED) is 0.646. The highest BCUT2D eigenvalue weighted by molar-refractivity contribution is 7.99. The first-order chi connectivity index (χ1) is 8.15. The standard InChI is InChI=1S/C12H16F2N2S/c1-7-2-3-9(13)10(11(7)14)12(16-15)8-4-5-17-6-8/h2-3,8,12,16H,4-6,15H2,1H3. The van der Waals surface area contributed by atoms with Gasteiger partial charge in [0, 0.05) is 5.56 Å². The van der Waals surface area contributed by atoms with E-state index in [2.05, 4.69) is 5.43 Å². The van der Waals surface area contributed by atoms with Crippen molar-refractivity contribution in [3.05, 3.63) is 34.9 Å². The van der Waals surface area contributed by atoms with Crippen molar-refractivity contribution >= 4 is 11.8 Å². The van der Waals surface area contributed by atoms with Crippen molar-refractivity contribution in [2.75, 3.05) is 11.5 Å². The zero-order valence-electron chi connectivity index (χ0n) is 9.67. The van der Waals surface area contributed by atoms with Crippen molar-refractivity contribution in [3.63, 3.8) is 0 Å². The van der Waals surface area contributed by atoms with E-state index in [0.717, 1.165) is 17.9 Å². The zero-order chi connectivity index (χ0) is 12.4. The molecule has 5 heteroatoms. The van der Waals surface area contributed by atoms with Gasteiger partial charge in [0.2, 0.25) is 0 Å². The van der Waals surface area contributed by atoms with E-state index in [1.54, 1.807) is 18.7 Å². The minimum Gasteiger partial charge on any atom is -0.271 e. The predicted molar refractivity (Wildman–Crippen MR) is 66.6 cm³/mol. The van der Waals surface area contributed by atoms with Crippen molar-refractivity contribution < 1.29 is 8.78 Å². The molecule has 17 heavy (non-hydrogen) atoms. The summed E-state index contributed by atoms with van der Waals surface area (Å²) >= 11 is 1.80. The second-order valence-electron chi connectivity index (χ2n) is 4.36. The fourth-order valence-electron chi connectivity index (χ4n) is 2.23. The zero-order valence-corrected chi connectivity index (χ0v) is 10.5. The maximum absolute atomic E-state index is 14.0. The summed E-state index contributed by atoms with van der Waals surface area (Å²) in [6.07, 6.45) is 0.937. The van der Waals surface area contributed by atoms with Crippen LogP contribution in [-0.2, 0) is 0 Å². The molecule has 0 amide bonds. The second-order valence-corrected chi connectivity index (χ2v) is 5.51. The highest BCUT2D eigenvalue weighted by Crippen LogP contribution is 2.36. The fraction of sp³-hybridized carbons (Fsp3) is 0.500. The van der Waals surface area contributed by atoms with Crippen LogP contribution in [0.15, 0.2) is 12.1 Å². The molecule has 0 aliphatic carbocycles. The first-order valence-electron chi connectivity index (χ1n) is 5.63. The molecule has 1 aromatic carbocycles. The Bertz CT molecular complexity index is 406. The first-order valence-corrected chi connectivity index (χ1v) is 6.79. The Kier molecular flexibility index (Phi) is 4.01. The topological polar surface area (TPSA) is 38.0 Å². The first kappa shape index (κ1) is 12.8. The highest BCUT2D eigenvalue weighted by Gasteiger charge is 2.30. The molecule has 2 rings (SSSR count). The van der Waals surface area contributed by atoms with Gasteiger partial charge in [-0.2, -0.15) is 11.8 Å². The Morgan fingerprint density at radius 3 is 2.82 bits per heavy atom. The summed E-state index contributed by atoms with van der Waals surface area (Å²) in [7, 11) is 0. The summed E-state index contributed by atoms with van der Waals surface area (Å²) in [5, 5.41) is 0. The number of hydrogen-bond donors (Lipinski definition) is 2. The maximum Gasteiger partial charge on any atom is 0.133 e. The number of nitrogens with two attached hydrogens (primary N) is 1. The Morgan fingerprint density at radius 2 is 2.24 bits per heavy atom. The SMILES string of the molecule is Cc1ccc(F)c(C(NN)C2CCSC2)c1F. The van der Waals surface area contributed by atoms with E-state index in [-0.39, 0.29) is 11.5 Å². The van der Waals surface area contributed by atoms with Gasteiger partial charge in [0.15, 0.2) is 0 Å². The van der Waals surface area contributed by atoms with E-state index >= 15 is 0 Å². The normalized spacial score (nSPS) is 21.8. The summed E-state index contributed by atoms with van der Waals surface area (Å²) in [5.74, 6) is 6.58. The second kappa shape index (κ2) is 5.33. The third kappa shape index (κ3) is 2.46. The van der Waals surface area contributed by atoms with Crippen molar-refractivity contribution in [3.8, 4) is 0 Å². The summed E-state index contributed by atoms with van der Waals surface area (Å²) in [5.41, 5.74) is 3.11. The minimum atomic E-state index is -0.520. The predicted octanol–water partition coefficient (Wildman–Crippen LogP) is 2.53. The van der Waals surface area contributed by atoms with Crippen LogP contribution in [-0.4, -0.2) is 11.5 Å². The number of rotatable bonds is 3. The molecule has 1 fully saturated rings. The van der Waals surface area contributed by atoms with Gasteiger partial charge in [-0.15, -0.1) is 0 Å². The Hall–Kier alpha value is -0.650. The molecular formula is C12H16F2N2S. The van der Waals surface area contributed by atoms with E-state index in [9.17, 15) is 8.78 Å². The lowest BCUT2D eigenvalue weighted by atomic mass is 9.91. The Morgan fingerprint density at radius 1 is 1.47 bits per heavy atom. The molecule has 0 bridgehead atoms. The molecule has 94 valence electrons. The van der Waals surface area contributed by atoms with Crippen LogP contribution in [0.5, 0.6) is 0 Å². The van der Waals surface area contributed by atoms with Gasteiger partial charge in [-0.1, -0.05) is 6.07 Å². The molecule has 0 spiro atoms. The van der Waals surface area contributed by atoms with Gasteiger partial charge >= 0.3 is 0 Å². The molecule has 1 aliphatic rings. The molecule has 1 saturated heterocycles. The number of halogens is 2. The number of hydrogen-bond acceptors (Lipinski definition) is 3. The molecule has 0 saturated carbocycles. The summed E-state index contributed by atoms with van der Waals surface area (Å²) < 4.78 is 27.8. The van der Waals surface area contributed by atoms with Crippen LogP contribution in [0.1, 0.15) is 23.6 Å². The van der Waals surface area contributed by atoms with Gasteiger partial charge in [0.1, 0.15) is 11.6 Å². The maximum atomic E-state index is 14.0. The molecular weight excluding hydrogens is 242 g/mol. The molecule has 1 heterocycles. The minimum absolute atomic E-state index is 0.0833.